The Labute approximate surface area is 177 Å². The summed E-state index contributed by atoms with van der Waals surface area (Å²) in [6, 6.07) is 12.2. The zero-order valence-corrected chi connectivity index (χ0v) is 18.3. The van der Waals surface area contributed by atoms with E-state index in [9.17, 15) is 18.0 Å². The number of anilines is 2. The van der Waals surface area contributed by atoms with Gasteiger partial charge in [0.15, 0.2) is 0 Å². The van der Waals surface area contributed by atoms with E-state index in [0.717, 1.165) is 5.56 Å². The first-order valence-electron chi connectivity index (χ1n) is 9.93. The number of nitrogens with zero attached hydrogens (tertiary/aromatic N) is 1. The van der Waals surface area contributed by atoms with E-state index in [1.54, 1.807) is 43.3 Å². The molecule has 0 aromatic heterocycles. The van der Waals surface area contributed by atoms with Crippen LogP contribution >= 0.6 is 0 Å². The summed E-state index contributed by atoms with van der Waals surface area (Å²) in [5.74, 6) is -0.795. The van der Waals surface area contributed by atoms with Gasteiger partial charge >= 0.3 is 0 Å². The zero-order chi connectivity index (χ0) is 21.9. The molecule has 2 aromatic carbocycles. The minimum absolute atomic E-state index is 0.158. The number of hydrogen-bond acceptors (Lipinski definition) is 4. The topological polar surface area (TPSA) is 95.6 Å². The standard InChI is InChI=1S/C22H27N3O4S/c1-15-6-7-16(2)21(13-15)30(28,29)25-12-4-5-18(14-25)22(27)24-20-10-8-19(9-11-20)23-17(3)26/h6-11,13,18H,4-5,12,14H2,1-3H3,(H,23,26)(H,24,27)/t18-/m1/s1. The summed E-state index contributed by atoms with van der Waals surface area (Å²) in [6.45, 7) is 5.64. The number of carbonyl (C=O) groups is 2. The second-order valence-electron chi connectivity index (χ2n) is 7.72. The largest absolute Gasteiger partial charge is 0.326 e. The van der Waals surface area contributed by atoms with Crippen molar-refractivity contribution in [3.05, 3.63) is 53.6 Å². The first kappa shape index (κ1) is 22.0. The van der Waals surface area contributed by atoms with Crippen molar-refractivity contribution >= 4 is 33.2 Å². The van der Waals surface area contributed by atoms with Crippen molar-refractivity contribution in [2.24, 2.45) is 5.92 Å². The lowest BCUT2D eigenvalue weighted by Gasteiger charge is -2.31. The number of amides is 2. The Kier molecular flexibility index (Phi) is 6.58. The molecule has 0 saturated carbocycles. The first-order chi connectivity index (χ1) is 14.2. The molecule has 2 aromatic rings. The van der Waals surface area contributed by atoms with E-state index in [1.807, 2.05) is 13.0 Å². The van der Waals surface area contributed by atoms with E-state index >= 15 is 0 Å². The van der Waals surface area contributed by atoms with Crippen LogP contribution < -0.4 is 10.6 Å². The Bertz CT molecular complexity index is 1050. The average molecular weight is 430 g/mol. The molecule has 1 aliphatic heterocycles. The molecule has 8 heteroatoms. The van der Waals surface area contributed by atoms with Gasteiger partial charge in [-0.05, 0) is 68.1 Å². The van der Waals surface area contributed by atoms with Crippen molar-refractivity contribution in [1.82, 2.24) is 4.31 Å². The van der Waals surface area contributed by atoms with Crippen molar-refractivity contribution in [2.45, 2.75) is 38.5 Å². The molecule has 2 amide bonds. The fraction of sp³-hybridized carbons (Fsp3) is 0.364. The number of nitrogens with one attached hydrogen (secondary N) is 2. The third-order valence-electron chi connectivity index (χ3n) is 5.19. The second kappa shape index (κ2) is 8.97. The molecular weight excluding hydrogens is 402 g/mol. The summed E-state index contributed by atoms with van der Waals surface area (Å²) < 4.78 is 27.8. The fourth-order valence-corrected chi connectivity index (χ4v) is 5.42. The Balaban J connectivity index is 1.70. The van der Waals surface area contributed by atoms with Gasteiger partial charge in [-0.1, -0.05) is 12.1 Å². The molecule has 1 atom stereocenters. The number of hydrogen-bond donors (Lipinski definition) is 2. The molecule has 1 saturated heterocycles. The maximum atomic E-state index is 13.2. The Morgan fingerprint density at radius 2 is 1.63 bits per heavy atom. The molecule has 2 N–H and O–H groups in total. The molecule has 1 heterocycles. The predicted octanol–water partition coefficient (Wildman–Crippen LogP) is 3.30. The summed E-state index contributed by atoms with van der Waals surface area (Å²) >= 11 is 0. The maximum absolute atomic E-state index is 13.2. The number of aryl methyl sites for hydroxylation is 2. The van der Waals surface area contributed by atoms with Gasteiger partial charge in [0.05, 0.1) is 10.8 Å². The van der Waals surface area contributed by atoms with Crippen LogP contribution in [-0.4, -0.2) is 37.6 Å². The normalized spacial score (nSPS) is 17.4. The van der Waals surface area contributed by atoms with Crippen LogP contribution in [0.4, 0.5) is 11.4 Å². The lowest BCUT2D eigenvalue weighted by atomic mass is 9.98. The highest BCUT2D eigenvalue weighted by molar-refractivity contribution is 7.89. The fourth-order valence-electron chi connectivity index (χ4n) is 3.58. The molecule has 0 spiro atoms. The lowest BCUT2D eigenvalue weighted by Crippen LogP contribution is -2.43. The van der Waals surface area contributed by atoms with Crippen LogP contribution in [0.2, 0.25) is 0 Å². The number of carbonyl (C=O) groups excluding carboxylic acids is 2. The molecule has 3 rings (SSSR count). The molecule has 0 bridgehead atoms. The SMILES string of the molecule is CC(=O)Nc1ccc(NC(=O)[C@@H]2CCCN(S(=O)(=O)c3cc(C)ccc3C)C2)cc1. The van der Waals surface area contributed by atoms with Gasteiger partial charge in [-0.3, -0.25) is 9.59 Å². The molecule has 0 radical (unpaired) electrons. The van der Waals surface area contributed by atoms with E-state index in [2.05, 4.69) is 10.6 Å². The van der Waals surface area contributed by atoms with Crippen LogP contribution in [0.25, 0.3) is 0 Å². The predicted molar refractivity (Wildman–Crippen MR) is 117 cm³/mol. The van der Waals surface area contributed by atoms with Crippen molar-refractivity contribution in [3.8, 4) is 0 Å². The van der Waals surface area contributed by atoms with Gasteiger partial charge in [0.1, 0.15) is 0 Å². The third-order valence-corrected chi connectivity index (χ3v) is 7.20. The van der Waals surface area contributed by atoms with Gasteiger partial charge in [0.2, 0.25) is 21.8 Å². The minimum atomic E-state index is -3.66. The summed E-state index contributed by atoms with van der Waals surface area (Å²) in [5, 5.41) is 5.52. The molecule has 1 fully saturated rings. The van der Waals surface area contributed by atoms with Crippen LogP contribution in [0.15, 0.2) is 47.4 Å². The van der Waals surface area contributed by atoms with Gasteiger partial charge in [-0.2, -0.15) is 4.31 Å². The van der Waals surface area contributed by atoms with Gasteiger partial charge < -0.3 is 10.6 Å². The highest BCUT2D eigenvalue weighted by atomic mass is 32.2. The summed E-state index contributed by atoms with van der Waals surface area (Å²) in [7, 11) is -3.66. The smallest absolute Gasteiger partial charge is 0.243 e. The molecule has 0 unspecified atom stereocenters. The zero-order valence-electron chi connectivity index (χ0n) is 17.4. The summed E-state index contributed by atoms with van der Waals surface area (Å²) in [6.07, 6.45) is 1.26. The quantitative estimate of drug-likeness (QED) is 0.762. The van der Waals surface area contributed by atoms with Gasteiger partial charge in [0.25, 0.3) is 0 Å². The minimum Gasteiger partial charge on any atom is -0.326 e. The average Bonchev–Trinajstić information content (AvgIpc) is 2.71. The number of rotatable bonds is 5. The van der Waals surface area contributed by atoms with Crippen LogP contribution in [-0.2, 0) is 19.6 Å². The number of piperidine rings is 1. The van der Waals surface area contributed by atoms with E-state index in [0.29, 0.717) is 41.2 Å². The third kappa shape index (κ3) is 5.06. The maximum Gasteiger partial charge on any atom is 0.243 e. The van der Waals surface area contributed by atoms with Crippen molar-refractivity contribution in [2.75, 3.05) is 23.7 Å². The van der Waals surface area contributed by atoms with Gasteiger partial charge in [0, 0.05) is 31.4 Å². The van der Waals surface area contributed by atoms with Gasteiger partial charge in [-0.15, -0.1) is 0 Å². The van der Waals surface area contributed by atoms with Crippen LogP contribution in [0.5, 0.6) is 0 Å². The van der Waals surface area contributed by atoms with Crippen LogP contribution in [0.3, 0.4) is 0 Å². The van der Waals surface area contributed by atoms with Crippen molar-refractivity contribution in [1.29, 1.82) is 0 Å². The molecule has 30 heavy (non-hydrogen) atoms. The lowest BCUT2D eigenvalue weighted by molar-refractivity contribution is -0.121. The number of benzene rings is 2. The van der Waals surface area contributed by atoms with E-state index in [-0.39, 0.29) is 18.4 Å². The Morgan fingerprint density at radius 3 is 2.27 bits per heavy atom. The van der Waals surface area contributed by atoms with Crippen molar-refractivity contribution < 1.29 is 18.0 Å². The highest BCUT2D eigenvalue weighted by Gasteiger charge is 2.34. The molecule has 1 aliphatic rings. The molecule has 160 valence electrons. The summed E-state index contributed by atoms with van der Waals surface area (Å²) in [5.41, 5.74) is 2.83. The van der Waals surface area contributed by atoms with E-state index in [4.69, 9.17) is 0 Å². The van der Waals surface area contributed by atoms with Crippen molar-refractivity contribution in [3.63, 3.8) is 0 Å². The van der Waals surface area contributed by atoms with E-state index < -0.39 is 15.9 Å². The van der Waals surface area contributed by atoms with E-state index in [1.165, 1.54) is 11.2 Å². The van der Waals surface area contributed by atoms with Crippen LogP contribution in [0.1, 0.15) is 30.9 Å². The monoisotopic (exact) mass is 429 g/mol. The number of sulfonamides is 1. The van der Waals surface area contributed by atoms with Gasteiger partial charge in [-0.25, -0.2) is 8.42 Å². The van der Waals surface area contributed by atoms with Crippen LogP contribution in [0, 0.1) is 19.8 Å². The Morgan fingerprint density at radius 1 is 1.00 bits per heavy atom. The summed E-state index contributed by atoms with van der Waals surface area (Å²) in [4.78, 5) is 24.2. The molecular formula is C22H27N3O4S. The molecule has 7 nitrogen and oxygen atoms in total. The highest BCUT2D eigenvalue weighted by Crippen LogP contribution is 2.27. The Hall–Kier alpha value is -2.71. The molecule has 0 aliphatic carbocycles. The first-order valence-corrected chi connectivity index (χ1v) is 11.4. The second-order valence-corrected chi connectivity index (χ2v) is 9.63.